The van der Waals surface area contributed by atoms with Gasteiger partial charge in [0.05, 0.1) is 35.3 Å². The van der Waals surface area contributed by atoms with Gasteiger partial charge >= 0.3 is 0 Å². The van der Waals surface area contributed by atoms with Crippen LogP contribution < -0.4 is 14.4 Å². The predicted molar refractivity (Wildman–Crippen MR) is 122 cm³/mol. The molecule has 0 saturated carbocycles. The van der Waals surface area contributed by atoms with E-state index in [9.17, 15) is 8.42 Å². The fourth-order valence-corrected chi connectivity index (χ4v) is 5.74. The van der Waals surface area contributed by atoms with Crippen molar-refractivity contribution in [2.75, 3.05) is 32.2 Å². The third kappa shape index (κ3) is 4.04. The van der Waals surface area contributed by atoms with Gasteiger partial charge in [0.15, 0.2) is 0 Å². The molecule has 31 heavy (non-hydrogen) atoms. The molecule has 2 heterocycles. The average Bonchev–Trinajstić information content (AvgIpc) is 2.78. The number of anilines is 1. The van der Waals surface area contributed by atoms with Gasteiger partial charge in [0.1, 0.15) is 16.4 Å². The molecule has 0 N–H and O–H groups in total. The highest BCUT2D eigenvalue weighted by Crippen LogP contribution is 2.39. The van der Waals surface area contributed by atoms with Gasteiger partial charge in [0, 0.05) is 24.7 Å². The minimum atomic E-state index is -3.88. The van der Waals surface area contributed by atoms with Crippen molar-refractivity contribution in [2.24, 2.45) is 5.92 Å². The monoisotopic (exact) mass is 460 g/mol. The minimum absolute atomic E-state index is 0.106. The van der Waals surface area contributed by atoms with E-state index in [4.69, 9.17) is 21.1 Å². The Balaban J connectivity index is 1.94. The van der Waals surface area contributed by atoms with Crippen LogP contribution in [-0.2, 0) is 9.84 Å². The Bertz CT molecular complexity index is 1220. The fourth-order valence-electron chi connectivity index (χ4n) is 3.96. The highest BCUT2D eigenvalue weighted by molar-refractivity contribution is 7.91. The van der Waals surface area contributed by atoms with Gasteiger partial charge in [-0.05, 0) is 55.2 Å². The Labute approximate surface area is 187 Å². The van der Waals surface area contributed by atoms with Crippen LogP contribution >= 0.6 is 11.6 Å². The Hall–Kier alpha value is -2.51. The van der Waals surface area contributed by atoms with Crippen molar-refractivity contribution < 1.29 is 17.9 Å². The Morgan fingerprint density at radius 2 is 1.81 bits per heavy atom. The van der Waals surface area contributed by atoms with Crippen LogP contribution in [0.2, 0.25) is 5.02 Å². The Morgan fingerprint density at radius 1 is 1.06 bits per heavy atom. The number of pyridine rings is 1. The second kappa shape index (κ2) is 8.55. The molecule has 1 saturated heterocycles. The number of nitrogens with zero attached hydrogens (tertiary/aromatic N) is 2. The molecule has 1 aliphatic heterocycles. The minimum Gasteiger partial charge on any atom is -0.497 e. The molecular formula is C23H25ClN2O4S. The SMILES string of the molecule is COc1ccc2ncc(S(=O)(=O)c3ccc(OC)c(Cl)c3)c(N3CCC(C)CC3)c2c1. The van der Waals surface area contributed by atoms with E-state index in [-0.39, 0.29) is 14.8 Å². The lowest BCUT2D eigenvalue weighted by Gasteiger charge is -2.34. The first-order valence-electron chi connectivity index (χ1n) is 10.2. The van der Waals surface area contributed by atoms with E-state index in [1.54, 1.807) is 13.2 Å². The lowest BCUT2D eigenvalue weighted by Crippen LogP contribution is -2.34. The van der Waals surface area contributed by atoms with Gasteiger partial charge in [-0.15, -0.1) is 0 Å². The van der Waals surface area contributed by atoms with Crippen molar-refractivity contribution in [3.05, 3.63) is 47.6 Å². The summed E-state index contributed by atoms with van der Waals surface area (Å²) in [6.45, 7) is 3.79. The van der Waals surface area contributed by atoms with E-state index in [0.29, 0.717) is 23.1 Å². The molecule has 0 atom stereocenters. The zero-order chi connectivity index (χ0) is 22.2. The molecule has 0 spiro atoms. The zero-order valence-corrected chi connectivity index (χ0v) is 19.3. The molecule has 0 aliphatic carbocycles. The van der Waals surface area contributed by atoms with Gasteiger partial charge in [-0.3, -0.25) is 4.98 Å². The number of hydrogen-bond acceptors (Lipinski definition) is 6. The molecule has 3 aromatic rings. The van der Waals surface area contributed by atoms with Crippen LogP contribution in [0.4, 0.5) is 5.69 Å². The van der Waals surface area contributed by atoms with Crippen molar-refractivity contribution in [1.82, 2.24) is 4.98 Å². The van der Waals surface area contributed by atoms with Gasteiger partial charge in [-0.2, -0.15) is 0 Å². The lowest BCUT2D eigenvalue weighted by molar-refractivity contribution is 0.414. The van der Waals surface area contributed by atoms with Crippen LogP contribution in [0.15, 0.2) is 52.4 Å². The van der Waals surface area contributed by atoms with Crippen LogP contribution in [0.5, 0.6) is 11.5 Å². The maximum absolute atomic E-state index is 13.7. The molecule has 0 bridgehead atoms. The summed E-state index contributed by atoms with van der Waals surface area (Å²) < 4.78 is 38.0. The Morgan fingerprint density at radius 3 is 2.45 bits per heavy atom. The third-order valence-electron chi connectivity index (χ3n) is 5.84. The summed E-state index contributed by atoms with van der Waals surface area (Å²) >= 11 is 6.23. The molecule has 6 nitrogen and oxygen atoms in total. The van der Waals surface area contributed by atoms with Gasteiger partial charge in [-0.1, -0.05) is 18.5 Å². The summed E-state index contributed by atoms with van der Waals surface area (Å²) in [5.74, 6) is 1.69. The number of sulfone groups is 1. The molecule has 1 aromatic heterocycles. The summed E-state index contributed by atoms with van der Waals surface area (Å²) in [4.78, 5) is 6.89. The third-order valence-corrected chi connectivity index (χ3v) is 7.88. The quantitative estimate of drug-likeness (QED) is 0.535. The van der Waals surface area contributed by atoms with Crippen molar-refractivity contribution in [3.8, 4) is 11.5 Å². The number of ether oxygens (including phenoxy) is 2. The highest BCUT2D eigenvalue weighted by Gasteiger charge is 2.29. The average molecular weight is 461 g/mol. The van der Waals surface area contributed by atoms with Gasteiger partial charge in [-0.25, -0.2) is 8.42 Å². The summed E-state index contributed by atoms with van der Waals surface area (Å²) in [6, 6.07) is 10.0. The van der Waals surface area contributed by atoms with Crippen molar-refractivity contribution in [1.29, 1.82) is 0 Å². The number of halogens is 1. The molecule has 1 fully saturated rings. The molecule has 4 rings (SSSR count). The molecule has 1 aliphatic rings. The fraction of sp³-hybridized carbons (Fsp3) is 0.348. The van der Waals surface area contributed by atoms with Crippen LogP contribution in [0.1, 0.15) is 19.8 Å². The van der Waals surface area contributed by atoms with Gasteiger partial charge in [0.25, 0.3) is 0 Å². The first-order chi connectivity index (χ1) is 14.8. The molecular weight excluding hydrogens is 436 g/mol. The maximum Gasteiger partial charge on any atom is 0.210 e. The van der Waals surface area contributed by atoms with Gasteiger partial charge < -0.3 is 14.4 Å². The van der Waals surface area contributed by atoms with E-state index >= 15 is 0 Å². The summed E-state index contributed by atoms with van der Waals surface area (Å²) in [6.07, 6.45) is 3.46. The number of fused-ring (bicyclic) bond motifs is 1. The molecule has 164 valence electrons. The lowest BCUT2D eigenvalue weighted by atomic mass is 9.98. The smallest absolute Gasteiger partial charge is 0.210 e. The number of methoxy groups -OCH3 is 2. The van der Waals surface area contributed by atoms with Gasteiger partial charge in [0.2, 0.25) is 9.84 Å². The molecule has 8 heteroatoms. The molecule has 0 radical (unpaired) electrons. The van der Waals surface area contributed by atoms with Crippen molar-refractivity contribution in [3.63, 3.8) is 0 Å². The van der Waals surface area contributed by atoms with E-state index in [1.807, 2.05) is 18.2 Å². The second-order valence-corrected chi connectivity index (χ2v) is 10.1. The van der Waals surface area contributed by atoms with E-state index in [1.165, 1.54) is 25.4 Å². The standard InChI is InChI=1S/C23H25ClN2O4S/c1-15-8-10-26(11-9-15)23-18-12-16(29-2)4-6-20(18)25-14-22(23)31(27,28)17-5-7-21(30-3)19(24)13-17/h4-7,12-15H,8-11H2,1-3H3. The van der Waals surface area contributed by atoms with E-state index in [2.05, 4.69) is 16.8 Å². The number of rotatable bonds is 5. The van der Waals surface area contributed by atoms with E-state index < -0.39 is 9.84 Å². The first-order valence-corrected chi connectivity index (χ1v) is 12.0. The molecule has 2 aromatic carbocycles. The normalized spacial score (nSPS) is 15.3. The first kappa shape index (κ1) is 21.7. The topological polar surface area (TPSA) is 68.7 Å². The number of hydrogen-bond donors (Lipinski definition) is 0. The second-order valence-electron chi connectivity index (χ2n) is 7.82. The van der Waals surface area contributed by atoms with Crippen LogP contribution in [0.3, 0.4) is 0 Å². The summed E-state index contributed by atoms with van der Waals surface area (Å²) in [7, 11) is -0.790. The number of piperidine rings is 1. The zero-order valence-electron chi connectivity index (χ0n) is 17.8. The highest BCUT2D eigenvalue weighted by atomic mass is 35.5. The van der Waals surface area contributed by atoms with Crippen LogP contribution in [0, 0.1) is 5.92 Å². The van der Waals surface area contributed by atoms with Crippen LogP contribution in [0.25, 0.3) is 10.9 Å². The van der Waals surface area contributed by atoms with Crippen LogP contribution in [-0.4, -0.2) is 40.7 Å². The van der Waals surface area contributed by atoms with E-state index in [0.717, 1.165) is 36.8 Å². The molecule has 0 unspecified atom stereocenters. The summed E-state index contributed by atoms with van der Waals surface area (Å²) in [5.41, 5.74) is 1.39. The molecule has 0 amide bonds. The maximum atomic E-state index is 13.7. The van der Waals surface area contributed by atoms with Crippen molar-refractivity contribution in [2.45, 2.75) is 29.6 Å². The summed E-state index contributed by atoms with van der Waals surface area (Å²) in [5, 5.41) is 1.00. The number of benzene rings is 2. The predicted octanol–water partition coefficient (Wildman–Crippen LogP) is 4.97. The largest absolute Gasteiger partial charge is 0.497 e. The van der Waals surface area contributed by atoms with Crippen molar-refractivity contribution >= 4 is 38.0 Å². The Kier molecular flexibility index (Phi) is 5.99. The number of aromatic nitrogens is 1.